The number of amides is 1. The highest BCUT2D eigenvalue weighted by Gasteiger charge is 2.24. The van der Waals surface area contributed by atoms with Crippen molar-refractivity contribution in [3.05, 3.63) is 59.1 Å². The van der Waals surface area contributed by atoms with Gasteiger partial charge in [0.2, 0.25) is 0 Å². The minimum atomic E-state index is 0.00421. The van der Waals surface area contributed by atoms with Crippen molar-refractivity contribution in [1.82, 2.24) is 9.88 Å². The van der Waals surface area contributed by atoms with Crippen LogP contribution in [-0.4, -0.2) is 42.0 Å². The molecule has 1 aliphatic heterocycles. The molecule has 2 heterocycles. The van der Waals surface area contributed by atoms with E-state index in [1.807, 2.05) is 35.2 Å². The molecule has 0 spiro atoms. The van der Waals surface area contributed by atoms with Crippen LogP contribution in [0.15, 0.2) is 48.5 Å². The minimum Gasteiger partial charge on any atom is -0.345 e. The van der Waals surface area contributed by atoms with Crippen LogP contribution in [0.1, 0.15) is 10.4 Å². The first kappa shape index (κ1) is 15.4. The third kappa shape index (κ3) is 2.85. The van der Waals surface area contributed by atoms with E-state index < -0.39 is 0 Å². The predicted octanol–water partition coefficient (Wildman–Crippen LogP) is 3.91. The Kier molecular flexibility index (Phi) is 4.12. The maximum atomic E-state index is 12.6. The Morgan fingerprint density at radius 3 is 2.46 bits per heavy atom. The molecule has 1 aromatic heterocycles. The van der Waals surface area contributed by atoms with Crippen molar-refractivity contribution in [3.8, 4) is 0 Å². The van der Waals surface area contributed by atoms with Crippen molar-refractivity contribution in [3.63, 3.8) is 0 Å². The van der Waals surface area contributed by atoms with E-state index in [-0.39, 0.29) is 5.91 Å². The van der Waals surface area contributed by atoms with Gasteiger partial charge < -0.3 is 9.80 Å². The number of thiazole rings is 1. The molecule has 3 aromatic rings. The summed E-state index contributed by atoms with van der Waals surface area (Å²) < 4.78 is 1.20. The summed E-state index contributed by atoms with van der Waals surface area (Å²) in [7, 11) is 0. The van der Waals surface area contributed by atoms with Crippen LogP contribution in [-0.2, 0) is 0 Å². The first-order valence-corrected chi connectivity index (χ1v) is 9.06. The Hall–Kier alpha value is -2.11. The van der Waals surface area contributed by atoms with Crippen molar-refractivity contribution >= 4 is 44.2 Å². The zero-order valence-corrected chi connectivity index (χ0v) is 14.6. The molecule has 1 fully saturated rings. The Labute approximate surface area is 149 Å². The number of hydrogen-bond donors (Lipinski definition) is 0. The number of carbonyl (C=O) groups is 1. The number of fused-ring (bicyclic) bond motifs is 1. The lowest BCUT2D eigenvalue weighted by Gasteiger charge is -2.34. The summed E-state index contributed by atoms with van der Waals surface area (Å²) in [6, 6.07) is 15.4. The second-order valence-electron chi connectivity index (χ2n) is 5.72. The monoisotopic (exact) mass is 357 g/mol. The SMILES string of the molecule is O=C(c1ccccc1Cl)N1CCN(c2nc3ccccc3s2)CC1. The van der Waals surface area contributed by atoms with E-state index in [1.54, 1.807) is 23.5 Å². The molecule has 1 amide bonds. The summed E-state index contributed by atoms with van der Waals surface area (Å²) in [5.41, 5.74) is 1.61. The minimum absolute atomic E-state index is 0.00421. The summed E-state index contributed by atoms with van der Waals surface area (Å²) in [5, 5.41) is 1.54. The molecule has 1 saturated heterocycles. The van der Waals surface area contributed by atoms with Crippen molar-refractivity contribution in [2.45, 2.75) is 0 Å². The normalized spacial score (nSPS) is 15.0. The molecular weight excluding hydrogens is 342 g/mol. The lowest BCUT2D eigenvalue weighted by molar-refractivity contribution is 0.0747. The number of benzene rings is 2. The van der Waals surface area contributed by atoms with Gasteiger partial charge in [0.1, 0.15) is 0 Å². The van der Waals surface area contributed by atoms with E-state index in [0.29, 0.717) is 23.7 Å². The summed E-state index contributed by atoms with van der Waals surface area (Å²) in [4.78, 5) is 21.4. The molecule has 0 bridgehead atoms. The number of aromatic nitrogens is 1. The summed E-state index contributed by atoms with van der Waals surface area (Å²) in [5.74, 6) is 0.00421. The van der Waals surface area contributed by atoms with Crippen LogP contribution in [0.2, 0.25) is 5.02 Å². The quantitative estimate of drug-likeness (QED) is 0.697. The third-order valence-corrected chi connectivity index (χ3v) is 5.65. The standard InChI is InChI=1S/C18H16ClN3OS/c19-14-6-2-1-5-13(14)17(23)21-9-11-22(12-10-21)18-20-15-7-3-4-8-16(15)24-18/h1-8H,9-12H2. The molecule has 6 heteroatoms. The average Bonchev–Trinajstić information content (AvgIpc) is 3.06. The number of para-hydroxylation sites is 1. The molecule has 0 saturated carbocycles. The lowest BCUT2D eigenvalue weighted by Crippen LogP contribution is -2.48. The van der Waals surface area contributed by atoms with E-state index in [9.17, 15) is 4.79 Å². The van der Waals surface area contributed by atoms with Gasteiger partial charge in [-0.05, 0) is 24.3 Å². The number of hydrogen-bond acceptors (Lipinski definition) is 4. The molecule has 4 rings (SSSR count). The predicted molar refractivity (Wildman–Crippen MR) is 99.2 cm³/mol. The molecule has 0 unspecified atom stereocenters. The van der Waals surface area contributed by atoms with Crippen LogP contribution < -0.4 is 4.90 Å². The van der Waals surface area contributed by atoms with E-state index in [0.717, 1.165) is 23.7 Å². The maximum absolute atomic E-state index is 12.6. The first-order valence-electron chi connectivity index (χ1n) is 7.87. The number of anilines is 1. The highest BCUT2D eigenvalue weighted by atomic mass is 35.5. The molecule has 0 atom stereocenters. The molecule has 0 N–H and O–H groups in total. The molecule has 122 valence electrons. The van der Waals surface area contributed by atoms with Crippen molar-refractivity contribution in [1.29, 1.82) is 0 Å². The summed E-state index contributed by atoms with van der Waals surface area (Å²) in [6.45, 7) is 2.94. The molecule has 1 aliphatic rings. The number of halogens is 1. The van der Waals surface area contributed by atoms with Crippen LogP contribution in [0, 0.1) is 0 Å². The van der Waals surface area contributed by atoms with E-state index in [4.69, 9.17) is 16.6 Å². The molecule has 0 aliphatic carbocycles. The smallest absolute Gasteiger partial charge is 0.255 e. The first-order chi connectivity index (χ1) is 11.7. The Balaban J connectivity index is 1.47. The highest BCUT2D eigenvalue weighted by molar-refractivity contribution is 7.22. The van der Waals surface area contributed by atoms with Crippen LogP contribution in [0.25, 0.3) is 10.2 Å². The number of rotatable bonds is 2. The van der Waals surface area contributed by atoms with Crippen LogP contribution in [0.5, 0.6) is 0 Å². The number of carbonyl (C=O) groups excluding carboxylic acids is 1. The molecular formula is C18H16ClN3OS. The highest BCUT2D eigenvalue weighted by Crippen LogP contribution is 2.29. The van der Waals surface area contributed by atoms with Crippen molar-refractivity contribution in [2.75, 3.05) is 31.1 Å². The Bertz CT molecular complexity index is 854. The fourth-order valence-corrected chi connectivity index (χ4v) is 4.13. The van der Waals surface area contributed by atoms with E-state index in [2.05, 4.69) is 11.0 Å². The van der Waals surface area contributed by atoms with Gasteiger partial charge in [0.25, 0.3) is 5.91 Å². The topological polar surface area (TPSA) is 36.4 Å². The van der Waals surface area contributed by atoms with Gasteiger partial charge in [-0.2, -0.15) is 0 Å². The lowest BCUT2D eigenvalue weighted by atomic mass is 10.2. The van der Waals surface area contributed by atoms with Gasteiger partial charge in [-0.15, -0.1) is 0 Å². The van der Waals surface area contributed by atoms with Gasteiger partial charge in [0.05, 0.1) is 20.8 Å². The van der Waals surface area contributed by atoms with Gasteiger partial charge in [0.15, 0.2) is 5.13 Å². The Morgan fingerprint density at radius 1 is 1.00 bits per heavy atom. The number of nitrogens with zero attached hydrogens (tertiary/aromatic N) is 3. The summed E-state index contributed by atoms with van der Waals surface area (Å²) in [6.07, 6.45) is 0. The second-order valence-corrected chi connectivity index (χ2v) is 7.14. The van der Waals surface area contributed by atoms with Gasteiger partial charge in [0, 0.05) is 26.2 Å². The van der Waals surface area contributed by atoms with Gasteiger partial charge in [-0.1, -0.05) is 47.2 Å². The maximum Gasteiger partial charge on any atom is 0.255 e. The molecule has 0 radical (unpaired) electrons. The van der Waals surface area contributed by atoms with Crippen LogP contribution >= 0.6 is 22.9 Å². The molecule has 4 nitrogen and oxygen atoms in total. The fourth-order valence-electron chi connectivity index (χ4n) is 2.90. The van der Waals surface area contributed by atoms with Crippen LogP contribution in [0.4, 0.5) is 5.13 Å². The van der Waals surface area contributed by atoms with Gasteiger partial charge in [-0.3, -0.25) is 4.79 Å². The Morgan fingerprint density at radius 2 is 1.71 bits per heavy atom. The third-order valence-electron chi connectivity index (χ3n) is 4.22. The molecule has 24 heavy (non-hydrogen) atoms. The zero-order valence-electron chi connectivity index (χ0n) is 13.0. The second kappa shape index (κ2) is 6.42. The largest absolute Gasteiger partial charge is 0.345 e. The van der Waals surface area contributed by atoms with Crippen molar-refractivity contribution in [2.24, 2.45) is 0 Å². The van der Waals surface area contributed by atoms with Gasteiger partial charge >= 0.3 is 0 Å². The summed E-state index contributed by atoms with van der Waals surface area (Å²) >= 11 is 7.84. The average molecular weight is 358 g/mol. The zero-order chi connectivity index (χ0) is 16.5. The van der Waals surface area contributed by atoms with Gasteiger partial charge in [-0.25, -0.2) is 4.98 Å². The molecule has 2 aromatic carbocycles. The van der Waals surface area contributed by atoms with E-state index in [1.165, 1.54) is 4.70 Å². The van der Waals surface area contributed by atoms with Crippen molar-refractivity contribution < 1.29 is 4.79 Å². The fraction of sp³-hybridized carbons (Fsp3) is 0.222. The number of piperazine rings is 1. The van der Waals surface area contributed by atoms with E-state index >= 15 is 0 Å². The van der Waals surface area contributed by atoms with Crippen LogP contribution in [0.3, 0.4) is 0 Å².